The molecule has 1 aliphatic carbocycles. The van der Waals surface area contributed by atoms with Gasteiger partial charge in [0.15, 0.2) is 0 Å². The largest absolute Gasteiger partial charge is 0.378 e. The zero-order valence-corrected chi connectivity index (χ0v) is 13.4. The Morgan fingerprint density at radius 3 is 2.48 bits per heavy atom. The minimum atomic E-state index is -0.788. The summed E-state index contributed by atoms with van der Waals surface area (Å²) in [6, 6.07) is 10.2. The monoisotopic (exact) mass is 316 g/mol. The molecule has 1 saturated heterocycles. The van der Waals surface area contributed by atoms with Crippen LogP contribution in [-0.2, 0) is 20.7 Å². The maximum Gasteiger partial charge on any atom is 0.238 e. The lowest BCUT2D eigenvalue weighted by Crippen LogP contribution is -2.49. The highest BCUT2D eigenvalue weighted by Crippen LogP contribution is 2.47. The summed E-state index contributed by atoms with van der Waals surface area (Å²) in [7, 11) is 0. The fourth-order valence-electron chi connectivity index (χ4n) is 3.04. The van der Waals surface area contributed by atoms with Crippen molar-refractivity contribution in [2.24, 2.45) is 5.41 Å². The highest BCUT2D eigenvalue weighted by molar-refractivity contribution is 6.07. The van der Waals surface area contributed by atoms with Gasteiger partial charge in [-0.05, 0) is 31.2 Å². The molecular formula is C18H24N2O3. The number of ether oxygens (including phenoxy) is 1. The Balaban J connectivity index is 1.45. The lowest BCUT2D eigenvalue weighted by Gasteiger charge is -2.30. The van der Waals surface area contributed by atoms with Gasteiger partial charge in [0, 0.05) is 19.6 Å². The number of rotatable bonds is 6. The standard InChI is InChI=1S/C18H24N2O3/c21-16(19-10-4-7-15-5-2-1-3-6-15)18(8-9-18)17(22)20-11-13-23-14-12-20/h1-3,5-6H,4,7-14H2,(H,19,21). The van der Waals surface area contributed by atoms with E-state index >= 15 is 0 Å². The predicted molar refractivity (Wildman–Crippen MR) is 86.8 cm³/mol. The number of aryl methyl sites for hydroxylation is 1. The second kappa shape index (κ2) is 7.13. The van der Waals surface area contributed by atoms with Crippen molar-refractivity contribution in [1.29, 1.82) is 0 Å². The lowest BCUT2D eigenvalue weighted by molar-refractivity contribution is -0.147. The van der Waals surface area contributed by atoms with Gasteiger partial charge in [0.1, 0.15) is 5.41 Å². The molecule has 2 fully saturated rings. The summed E-state index contributed by atoms with van der Waals surface area (Å²) < 4.78 is 5.27. The van der Waals surface area contributed by atoms with Crippen molar-refractivity contribution in [2.45, 2.75) is 25.7 Å². The molecule has 1 aliphatic heterocycles. The maximum atomic E-state index is 12.6. The molecular weight excluding hydrogens is 292 g/mol. The van der Waals surface area contributed by atoms with E-state index in [0.29, 0.717) is 45.7 Å². The number of carbonyl (C=O) groups excluding carboxylic acids is 2. The number of nitrogens with one attached hydrogen (secondary N) is 1. The maximum absolute atomic E-state index is 12.6. The number of nitrogens with zero attached hydrogens (tertiary/aromatic N) is 1. The van der Waals surface area contributed by atoms with Gasteiger partial charge in [0.2, 0.25) is 11.8 Å². The molecule has 1 aromatic rings. The van der Waals surface area contributed by atoms with Gasteiger partial charge in [0.05, 0.1) is 13.2 Å². The van der Waals surface area contributed by atoms with Gasteiger partial charge in [-0.1, -0.05) is 30.3 Å². The molecule has 124 valence electrons. The van der Waals surface area contributed by atoms with E-state index in [2.05, 4.69) is 17.4 Å². The Morgan fingerprint density at radius 2 is 1.83 bits per heavy atom. The Kier molecular flexibility index (Phi) is 4.96. The van der Waals surface area contributed by atoms with E-state index < -0.39 is 5.41 Å². The van der Waals surface area contributed by atoms with Gasteiger partial charge < -0.3 is 15.0 Å². The Bertz CT molecular complexity index is 549. The van der Waals surface area contributed by atoms with Crippen LogP contribution < -0.4 is 5.32 Å². The molecule has 1 aromatic carbocycles. The molecule has 23 heavy (non-hydrogen) atoms. The fourth-order valence-corrected chi connectivity index (χ4v) is 3.04. The van der Waals surface area contributed by atoms with Crippen LogP contribution >= 0.6 is 0 Å². The number of carbonyl (C=O) groups is 2. The molecule has 1 saturated carbocycles. The molecule has 1 heterocycles. The Labute approximate surface area is 137 Å². The molecule has 0 radical (unpaired) electrons. The van der Waals surface area contributed by atoms with Crippen LogP contribution in [0.5, 0.6) is 0 Å². The topological polar surface area (TPSA) is 58.6 Å². The summed E-state index contributed by atoms with van der Waals surface area (Å²) in [6.07, 6.45) is 3.17. The van der Waals surface area contributed by atoms with E-state index in [-0.39, 0.29) is 11.8 Å². The fraction of sp³-hybridized carbons (Fsp3) is 0.556. The van der Waals surface area contributed by atoms with Crippen LogP contribution in [0.15, 0.2) is 30.3 Å². The van der Waals surface area contributed by atoms with Crippen LogP contribution in [0.3, 0.4) is 0 Å². The summed E-state index contributed by atoms with van der Waals surface area (Å²) in [5.74, 6) is -0.108. The molecule has 0 atom stereocenters. The normalized spacial score (nSPS) is 19.2. The number of hydrogen-bond acceptors (Lipinski definition) is 3. The van der Waals surface area contributed by atoms with Crippen molar-refractivity contribution >= 4 is 11.8 Å². The van der Waals surface area contributed by atoms with Crippen LogP contribution in [0.2, 0.25) is 0 Å². The summed E-state index contributed by atoms with van der Waals surface area (Å²) in [5, 5.41) is 2.96. The summed E-state index contributed by atoms with van der Waals surface area (Å²) in [5.41, 5.74) is 0.483. The van der Waals surface area contributed by atoms with Crippen LogP contribution in [0.4, 0.5) is 0 Å². The number of hydrogen-bond donors (Lipinski definition) is 1. The number of morpholine rings is 1. The summed E-state index contributed by atoms with van der Waals surface area (Å²) in [4.78, 5) is 26.8. The molecule has 3 rings (SSSR count). The molecule has 1 N–H and O–H groups in total. The van der Waals surface area contributed by atoms with E-state index in [9.17, 15) is 9.59 Å². The van der Waals surface area contributed by atoms with Crippen molar-refractivity contribution in [1.82, 2.24) is 10.2 Å². The Hall–Kier alpha value is -1.88. The summed E-state index contributed by atoms with van der Waals surface area (Å²) in [6.45, 7) is 2.95. The van der Waals surface area contributed by atoms with Crippen LogP contribution in [0.1, 0.15) is 24.8 Å². The van der Waals surface area contributed by atoms with Gasteiger partial charge in [-0.3, -0.25) is 9.59 Å². The van der Waals surface area contributed by atoms with Crippen LogP contribution in [0.25, 0.3) is 0 Å². The van der Waals surface area contributed by atoms with E-state index in [0.717, 1.165) is 12.8 Å². The molecule has 2 aliphatic rings. The predicted octanol–water partition coefficient (Wildman–Crippen LogP) is 1.37. The van der Waals surface area contributed by atoms with Gasteiger partial charge in [-0.15, -0.1) is 0 Å². The first-order valence-electron chi connectivity index (χ1n) is 8.42. The van der Waals surface area contributed by atoms with E-state index in [1.165, 1.54) is 5.56 Å². The molecule has 0 aromatic heterocycles. The second-order valence-electron chi connectivity index (χ2n) is 6.33. The number of benzene rings is 1. The molecule has 0 unspecified atom stereocenters. The van der Waals surface area contributed by atoms with E-state index in [4.69, 9.17) is 4.74 Å². The Morgan fingerprint density at radius 1 is 1.13 bits per heavy atom. The third-order valence-electron chi connectivity index (χ3n) is 4.66. The molecule has 2 amide bonds. The van der Waals surface area contributed by atoms with Crippen LogP contribution in [-0.4, -0.2) is 49.6 Å². The van der Waals surface area contributed by atoms with Crippen molar-refractivity contribution in [3.63, 3.8) is 0 Å². The minimum Gasteiger partial charge on any atom is -0.378 e. The first-order chi connectivity index (χ1) is 11.2. The average Bonchev–Trinajstić information content (AvgIpc) is 3.41. The lowest BCUT2D eigenvalue weighted by atomic mass is 10.0. The highest BCUT2D eigenvalue weighted by atomic mass is 16.5. The van der Waals surface area contributed by atoms with Crippen molar-refractivity contribution in [3.8, 4) is 0 Å². The quantitative estimate of drug-likeness (QED) is 0.637. The third-order valence-corrected chi connectivity index (χ3v) is 4.66. The van der Waals surface area contributed by atoms with Crippen molar-refractivity contribution in [2.75, 3.05) is 32.8 Å². The first kappa shape index (κ1) is 16.0. The second-order valence-corrected chi connectivity index (χ2v) is 6.33. The van der Waals surface area contributed by atoms with Gasteiger partial charge in [0.25, 0.3) is 0 Å². The first-order valence-corrected chi connectivity index (χ1v) is 8.42. The van der Waals surface area contributed by atoms with E-state index in [1.54, 1.807) is 4.90 Å². The third kappa shape index (κ3) is 3.72. The molecule has 5 heteroatoms. The van der Waals surface area contributed by atoms with E-state index in [1.807, 2.05) is 18.2 Å². The van der Waals surface area contributed by atoms with Crippen molar-refractivity contribution < 1.29 is 14.3 Å². The van der Waals surface area contributed by atoms with Gasteiger partial charge >= 0.3 is 0 Å². The number of amides is 2. The highest BCUT2D eigenvalue weighted by Gasteiger charge is 2.57. The van der Waals surface area contributed by atoms with Crippen LogP contribution in [0, 0.1) is 5.41 Å². The smallest absolute Gasteiger partial charge is 0.238 e. The zero-order chi connectivity index (χ0) is 16.1. The van der Waals surface area contributed by atoms with Gasteiger partial charge in [-0.2, -0.15) is 0 Å². The molecule has 5 nitrogen and oxygen atoms in total. The summed E-state index contributed by atoms with van der Waals surface area (Å²) >= 11 is 0. The van der Waals surface area contributed by atoms with Crippen molar-refractivity contribution in [3.05, 3.63) is 35.9 Å². The average molecular weight is 316 g/mol. The minimum absolute atomic E-state index is 0.0126. The zero-order valence-electron chi connectivity index (χ0n) is 13.4. The molecule has 0 spiro atoms. The SMILES string of the molecule is O=C(NCCCc1ccccc1)C1(C(=O)N2CCOCC2)CC1. The van der Waals surface area contributed by atoms with Gasteiger partial charge in [-0.25, -0.2) is 0 Å². The molecule has 0 bridgehead atoms.